The van der Waals surface area contributed by atoms with Gasteiger partial charge in [-0.05, 0) is 36.4 Å². The maximum Gasteiger partial charge on any atom is 0.0724 e. The minimum Gasteiger partial charge on any atom is -0.307 e. The number of nitrogens with zero attached hydrogens (tertiary/aromatic N) is 4. The summed E-state index contributed by atoms with van der Waals surface area (Å²) in [4.78, 5) is 0. The Morgan fingerprint density at radius 2 is 0.861 bits per heavy atom. The van der Waals surface area contributed by atoms with Crippen LogP contribution in [0.5, 0.6) is 0 Å². The normalized spacial score (nSPS) is 12.0. The first-order valence-electron chi connectivity index (χ1n) is 12.2. The Labute approximate surface area is 207 Å². The van der Waals surface area contributed by atoms with Crippen LogP contribution in [0.2, 0.25) is 0 Å². The van der Waals surface area contributed by atoms with Crippen molar-refractivity contribution in [2.24, 2.45) is 7.05 Å². The van der Waals surface area contributed by atoms with E-state index in [0.29, 0.717) is 0 Å². The second-order valence-electron chi connectivity index (χ2n) is 9.41. The average Bonchev–Trinajstić information content (AvgIpc) is 3.57. The van der Waals surface area contributed by atoms with E-state index < -0.39 is 0 Å². The van der Waals surface area contributed by atoms with Gasteiger partial charge in [-0.1, -0.05) is 72.8 Å². The molecule has 0 aliphatic carbocycles. The highest BCUT2D eigenvalue weighted by Gasteiger charge is 2.20. The number of hydrogen-bond acceptors (Lipinski definition) is 1. The van der Waals surface area contributed by atoms with E-state index in [9.17, 15) is 0 Å². The molecule has 0 unspecified atom stereocenters. The van der Waals surface area contributed by atoms with Gasteiger partial charge in [0.1, 0.15) is 0 Å². The molecule has 0 fully saturated rings. The lowest BCUT2D eigenvalue weighted by molar-refractivity contribution is 0.796. The van der Waals surface area contributed by atoms with Crippen LogP contribution in [0, 0.1) is 0 Å². The molecule has 0 N–H and O–H groups in total. The lowest BCUT2D eigenvalue weighted by atomic mass is 10.1. The Balaban J connectivity index is 1.61. The summed E-state index contributed by atoms with van der Waals surface area (Å²) in [7, 11) is 2.01. The largest absolute Gasteiger partial charge is 0.307 e. The molecule has 0 spiro atoms. The zero-order chi connectivity index (χ0) is 23.8. The molecule has 4 heteroatoms. The highest BCUT2D eigenvalue weighted by molar-refractivity contribution is 6.12. The van der Waals surface area contributed by atoms with Crippen LogP contribution in [-0.2, 0) is 7.05 Å². The van der Waals surface area contributed by atoms with E-state index in [0.717, 1.165) is 22.3 Å². The van der Waals surface area contributed by atoms with Crippen molar-refractivity contribution in [3.05, 3.63) is 115 Å². The molecule has 170 valence electrons. The van der Waals surface area contributed by atoms with Crippen LogP contribution < -0.4 is 0 Å². The van der Waals surface area contributed by atoms with E-state index >= 15 is 0 Å². The fourth-order valence-electron chi connectivity index (χ4n) is 5.90. The maximum absolute atomic E-state index is 4.59. The maximum atomic E-state index is 4.59. The van der Waals surface area contributed by atoms with Crippen molar-refractivity contribution in [1.82, 2.24) is 18.9 Å². The number of aromatic nitrogens is 4. The van der Waals surface area contributed by atoms with Gasteiger partial charge in [-0.15, -0.1) is 0 Å². The standard InChI is InChI=1S/C32H22N4/c1-34-30-19-32(36-28-16-8-4-12-24(28)25-13-5-9-17-29(25)36)31(18-21(30)20-33-34)35-26-14-6-2-10-22(26)23-11-3-7-15-27(23)35/h2-20H,1H3. The number of rotatable bonds is 2. The van der Waals surface area contributed by atoms with E-state index in [1.807, 2.05) is 17.9 Å². The van der Waals surface area contributed by atoms with Gasteiger partial charge in [0, 0.05) is 34.0 Å². The molecule has 0 saturated heterocycles. The molecule has 36 heavy (non-hydrogen) atoms. The number of fused-ring (bicyclic) bond motifs is 7. The molecule has 3 aromatic heterocycles. The van der Waals surface area contributed by atoms with Crippen molar-refractivity contribution in [1.29, 1.82) is 0 Å². The van der Waals surface area contributed by atoms with Crippen LogP contribution in [0.25, 0.3) is 65.9 Å². The van der Waals surface area contributed by atoms with Crippen molar-refractivity contribution in [3.8, 4) is 11.4 Å². The van der Waals surface area contributed by atoms with Gasteiger partial charge in [0.25, 0.3) is 0 Å². The molecule has 0 radical (unpaired) electrons. The minimum atomic E-state index is 1.11. The zero-order valence-electron chi connectivity index (χ0n) is 19.8. The summed E-state index contributed by atoms with van der Waals surface area (Å²) in [6, 6.07) is 39.3. The van der Waals surface area contributed by atoms with Crippen LogP contribution in [0.4, 0.5) is 0 Å². The summed E-state index contributed by atoms with van der Waals surface area (Å²) >= 11 is 0. The lowest BCUT2D eigenvalue weighted by Crippen LogP contribution is -2.04. The Kier molecular flexibility index (Phi) is 3.84. The third-order valence-electron chi connectivity index (χ3n) is 7.48. The lowest BCUT2D eigenvalue weighted by Gasteiger charge is -2.17. The molecule has 0 bridgehead atoms. The molecule has 5 aromatic carbocycles. The highest BCUT2D eigenvalue weighted by Crippen LogP contribution is 2.39. The molecule has 0 amide bonds. The SMILES string of the molecule is Cn1ncc2cc(-n3c4ccccc4c4ccccc43)c(-n3c4ccccc4c4ccccc43)cc21. The van der Waals surface area contributed by atoms with E-state index in [4.69, 9.17) is 0 Å². The zero-order valence-corrected chi connectivity index (χ0v) is 19.8. The second-order valence-corrected chi connectivity index (χ2v) is 9.41. The van der Waals surface area contributed by atoms with E-state index in [1.54, 1.807) is 0 Å². The molecule has 4 nitrogen and oxygen atoms in total. The molecule has 8 aromatic rings. The van der Waals surface area contributed by atoms with E-state index in [2.05, 4.69) is 123 Å². The van der Waals surface area contributed by atoms with Gasteiger partial charge in [0.05, 0.1) is 45.2 Å². The summed E-state index contributed by atoms with van der Waals surface area (Å²) in [5.74, 6) is 0. The van der Waals surface area contributed by atoms with Gasteiger partial charge in [-0.3, -0.25) is 4.68 Å². The minimum absolute atomic E-state index is 1.11. The Hall–Kier alpha value is -4.83. The quantitative estimate of drug-likeness (QED) is 0.258. The second kappa shape index (κ2) is 7.09. The summed E-state index contributed by atoms with van der Waals surface area (Å²) in [5, 5.41) is 10.7. The number of benzene rings is 5. The van der Waals surface area contributed by atoms with Crippen molar-refractivity contribution >= 4 is 54.5 Å². The van der Waals surface area contributed by atoms with Gasteiger partial charge in [-0.2, -0.15) is 5.10 Å². The van der Waals surface area contributed by atoms with Crippen LogP contribution in [0.3, 0.4) is 0 Å². The molecule has 0 aliphatic heterocycles. The molecular formula is C32H22N4. The Morgan fingerprint density at radius 3 is 1.31 bits per heavy atom. The number of para-hydroxylation sites is 4. The predicted octanol–water partition coefficient (Wildman–Crippen LogP) is 7.77. The van der Waals surface area contributed by atoms with E-state index in [-0.39, 0.29) is 0 Å². The van der Waals surface area contributed by atoms with Crippen molar-refractivity contribution in [3.63, 3.8) is 0 Å². The predicted molar refractivity (Wildman–Crippen MR) is 149 cm³/mol. The first-order chi connectivity index (χ1) is 17.8. The molecule has 0 atom stereocenters. The van der Waals surface area contributed by atoms with Crippen LogP contribution in [0.15, 0.2) is 115 Å². The summed E-state index contributed by atoms with van der Waals surface area (Å²) in [6.45, 7) is 0. The summed E-state index contributed by atoms with van der Waals surface area (Å²) in [5.41, 5.74) is 8.17. The van der Waals surface area contributed by atoms with Gasteiger partial charge in [0.15, 0.2) is 0 Å². The average molecular weight is 463 g/mol. The van der Waals surface area contributed by atoms with Crippen LogP contribution in [-0.4, -0.2) is 18.9 Å². The number of aryl methyl sites for hydroxylation is 1. The first-order valence-corrected chi connectivity index (χ1v) is 12.2. The topological polar surface area (TPSA) is 27.7 Å². The van der Waals surface area contributed by atoms with Crippen molar-refractivity contribution in [2.45, 2.75) is 0 Å². The smallest absolute Gasteiger partial charge is 0.0724 e. The third kappa shape index (κ3) is 2.50. The van der Waals surface area contributed by atoms with Crippen LogP contribution in [0.1, 0.15) is 0 Å². The Bertz CT molecular complexity index is 2010. The monoisotopic (exact) mass is 462 g/mol. The molecule has 0 aliphatic rings. The molecule has 0 saturated carbocycles. The van der Waals surface area contributed by atoms with E-state index in [1.165, 1.54) is 43.6 Å². The Morgan fingerprint density at radius 1 is 0.472 bits per heavy atom. The van der Waals surface area contributed by atoms with Gasteiger partial charge >= 0.3 is 0 Å². The van der Waals surface area contributed by atoms with Crippen molar-refractivity contribution in [2.75, 3.05) is 0 Å². The fraction of sp³-hybridized carbons (Fsp3) is 0.0312. The van der Waals surface area contributed by atoms with Gasteiger partial charge in [-0.25, -0.2) is 0 Å². The highest BCUT2D eigenvalue weighted by atomic mass is 15.2. The van der Waals surface area contributed by atoms with Crippen LogP contribution >= 0.6 is 0 Å². The molecular weight excluding hydrogens is 440 g/mol. The van der Waals surface area contributed by atoms with Gasteiger partial charge in [0.2, 0.25) is 0 Å². The molecule has 3 heterocycles. The fourth-order valence-corrected chi connectivity index (χ4v) is 5.90. The summed E-state index contributed by atoms with van der Waals surface area (Å²) in [6.07, 6.45) is 1.96. The van der Waals surface area contributed by atoms with Gasteiger partial charge < -0.3 is 9.13 Å². The first kappa shape index (κ1) is 19.5. The summed E-state index contributed by atoms with van der Waals surface area (Å²) < 4.78 is 6.79. The molecule has 8 rings (SSSR count). The number of hydrogen-bond donors (Lipinski definition) is 0. The van der Waals surface area contributed by atoms with Crippen molar-refractivity contribution < 1.29 is 0 Å². The third-order valence-corrected chi connectivity index (χ3v) is 7.48.